The molecule has 3 atom stereocenters. The van der Waals surface area contributed by atoms with Gasteiger partial charge in [0.05, 0.1) is 6.54 Å². The van der Waals surface area contributed by atoms with Crippen LogP contribution >= 0.6 is 0 Å². The number of benzene rings is 2. The third-order valence-electron chi connectivity index (χ3n) is 4.39. The molecule has 8 heteroatoms. The first-order chi connectivity index (χ1) is 13.5. The van der Waals surface area contributed by atoms with Crippen LogP contribution in [0.4, 0.5) is 0 Å². The van der Waals surface area contributed by atoms with Gasteiger partial charge in [-0.05, 0) is 5.56 Å². The zero-order valence-electron chi connectivity index (χ0n) is 14.9. The number of aliphatic carboxylic acids is 1. The van der Waals surface area contributed by atoms with E-state index in [1.165, 1.54) is 4.90 Å². The monoisotopic (exact) mass is 384 g/mol. The predicted molar refractivity (Wildman–Crippen MR) is 99.3 cm³/mol. The molecule has 1 heterocycles. The van der Waals surface area contributed by atoms with Gasteiger partial charge in [-0.1, -0.05) is 60.7 Å². The van der Waals surface area contributed by atoms with Gasteiger partial charge < -0.3 is 25.0 Å². The molecule has 1 aliphatic heterocycles. The molecule has 0 aliphatic carbocycles. The van der Waals surface area contributed by atoms with Crippen molar-refractivity contribution in [3.05, 3.63) is 71.8 Å². The zero-order chi connectivity index (χ0) is 20.1. The normalized spacial score (nSPS) is 16.8. The van der Waals surface area contributed by atoms with Crippen molar-refractivity contribution in [2.45, 2.75) is 18.4 Å². The van der Waals surface area contributed by atoms with Crippen molar-refractivity contribution in [2.75, 3.05) is 13.1 Å². The van der Waals surface area contributed by atoms with E-state index in [1.54, 1.807) is 60.7 Å². The van der Waals surface area contributed by atoms with Crippen molar-refractivity contribution in [3.63, 3.8) is 0 Å². The lowest BCUT2D eigenvalue weighted by molar-refractivity contribution is -0.161. The van der Waals surface area contributed by atoms with E-state index in [1.807, 2.05) is 0 Å². The molecule has 2 aromatic rings. The number of aliphatic hydroxyl groups is 2. The van der Waals surface area contributed by atoms with E-state index in [-0.39, 0.29) is 18.9 Å². The Balaban J connectivity index is 1.78. The Morgan fingerprint density at radius 1 is 0.964 bits per heavy atom. The van der Waals surface area contributed by atoms with Gasteiger partial charge in [0.25, 0.3) is 0 Å². The number of carboxylic acid groups (broad SMARTS) is 1. The van der Waals surface area contributed by atoms with E-state index in [4.69, 9.17) is 4.74 Å². The lowest BCUT2D eigenvalue weighted by Gasteiger charge is -2.30. The standard InChI is InChI=1S/C20H20N2O6/c23-16(13-7-3-1-4-8-13)15(18(24)25)22-12-11-21-17(22)20(27)28-19(26)14-9-5-2-6-10-14/h1-10,15-16,19,23,26H,11-12H2,(H,24,25). The van der Waals surface area contributed by atoms with Crippen LogP contribution in [-0.4, -0.2) is 57.1 Å². The van der Waals surface area contributed by atoms with Crippen LogP contribution in [0.2, 0.25) is 0 Å². The summed E-state index contributed by atoms with van der Waals surface area (Å²) in [6, 6.07) is 15.2. The van der Waals surface area contributed by atoms with Crippen molar-refractivity contribution < 1.29 is 29.6 Å². The molecule has 3 rings (SSSR count). The number of carbonyl (C=O) groups is 2. The molecule has 0 bridgehead atoms. The van der Waals surface area contributed by atoms with Crippen molar-refractivity contribution in [1.29, 1.82) is 0 Å². The van der Waals surface area contributed by atoms with Gasteiger partial charge in [-0.25, -0.2) is 9.59 Å². The van der Waals surface area contributed by atoms with E-state index in [0.29, 0.717) is 11.1 Å². The SMILES string of the molecule is O=C(OC(O)c1ccccc1)C1=NCCN1C(C(=O)O)C(O)c1ccccc1. The quantitative estimate of drug-likeness (QED) is 0.483. The highest BCUT2D eigenvalue weighted by Crippen LogP contribution is 2.24. The van der Waals surface area contributed by atoms with Crippen molar-refractivity contribution >= 4 is 17.8 Å². The first-order valence-corrected chi connectivity index (χ1v) is 8.70. The molecule has 0 amide bonds. The number of aliphatic hydroxyl groups excluding tert-OH is 2. The van der Waals surface area contributed by atoms with Crippen LogP contribution in [-0.2, 0) is 14.3 Å². The van der Waals surface area contributed by atoms with Crippen molar-refractivity contribution in [3.8, 4) is 0 Å². The van der Waals surface area contributed by atoms with Crippen LogP contribution in [0.5, 0.6) is 0 Å². The van der Waals surface area contributed by atoms with E-state index in [2.05, 4.69) is 4.99 Å². The number of hydrogen-bond donors (Lipinski definition) is 3. The number of nitrogens with zero attached hydrogens (tertiary/aromatic N) is 2. The fraction of sp³-hybridized carbons (Fsp3) is 0.250. The van der Waals surface area contributed by atoms with Gasteiger partial charge in [0.2, 0.25) is 12.1 Å². The lowest BCUT2D eigenvalue weighted by Crippen LogP contribution is -2.49. The average molecular weight is 384 g/mol. The number of hydrogen-bond acceptors (Lipinski definition) is 7. The molecule has 0 radical (unpaired) electrons. The third kappa shape index (κ3) is 4.19. The molecule has 3 N–H and O–H groups in total. The maximum atomic E-state index is 12.5. The first kappa shape index (κ1) is 19.5. The van der Waals surface area contributed by atoms with Gasteiger partial charge in [-0.15, -0.1) is 0 Å². The Bertz CT molecular complexity index is 856. The summed E-state index contributed by atoms with van der Waals surface area (Å²) in [7, 11) is 0. The number of ether oxygens (including phenoxy) is 1. The molecule has 146 valence electrons. The number of aliphatic imine (C=N–C) groups is 1. The van der Waals surface area contributed by atoms with Gasteiger partial charge >= 0.3 is 11.9 Å². The maximum absolute atomic E-state index is 12.5. The molecule has 8 nitrogen and oxygen atoms in total. The highest BCUT2D eigenvalue weighted by atomic mass is 16.6. The molecular formula is C20H20N2O6. The molecule has 2 aromatic carbocycles. The van der Waals surface area contributed by atoms with Gasteiger partial charge in [-0.2, -0.15) is 0 Å². The van der Waals surface area contributed by atoms with Crippen LogP contribution in [0.25, 0.3) is 0 Å². The summed E-state index contributed by atoms with van der Waals surface area (Å²) in [6.45, 7) is 0.309. The van der Waals surface area contributed by atoms with Gasteiger partial charge in [0.1, 0.15) is 6.10 Å². The third-order valence-corrected chi connectivity index (χ3v) is 4.39. The Kier molecular flexibility index (Phi) is 6.03. The Morgan fingerprint density at radius 3 is 2.11 bits per heavy atom. The molecule has 0 saturated heterocycles. The second-order valence-corrected chi connectivity index (χ2v) is 6.21. The Labute approximate surface area is 161 Å². The summed E-state index contributed by atoms with van der Waals surface area (Å²) in [6.07, 6.45) is -2.89. The van der Waals surface area contributed by atoms with Crippen LogP contribution in [0.3, 0.4) is 0 Å². The van der Waals surface area contributed by atoms with Crippen LogP contribution < -0.4 is 0 Å². The van der Waals surface area contributed by atoms with Gasteiger partial charge in [0.15, 0.2) is 6.04 Å². The van der Waals surface area contributed by atoms with Gasteiger partial charge in [-0.3, -0.25) is 4.99 Å². The molecule has 28 heavy (non-hydrogen) atoms. The van der Waals surface area contributed by atoms with E-state index in [0.717, 1.165) is 0 Å². The summed E-state index contributed by atoms with van der Waals surface area (Å²) >= 11 is 0. The first-order valence-electron chi connectivity index (χ1n) is 8.70. The molecule has 1 aliphatic rings. The number of amidine groups is 1. The molecule has 0 fully saturated rings. The van der Waals surface area contributed by atoms with Crippen LogP contribution in [0.1, 0.15) is 23.5 Å². The minimum atomic E-state index is -1.51. The van der Waals surface area contributed by atoms with Crippen LogP contribution in [0.15, 0.2) is 65.7 Å². The van der Waals surface area contributed by atoms with E-state index in [9.17, 15) is 24.9 Å². The highest BCUT2D eigenvalue weighted by Gasteiger charge is 2.40. The van der Waals surface area contributed by atoms with Crippen LogP contribution in [0, 0.1) is 0 Å². The average Bonchev–Trinajstić information content (AvgIpc) is 3.18. The summed E-state index contributed by atoms with van der Waals surface area (Å²) in [5.74, 6) is -2.50. The Hall–Kier alpha value is -3.23. The van der Waals surface area contributed by atoms with Gasteiger partial charge in [0, 0.05) is 12.1 Å². The summed E-state index contributed by atoms with van der Waals surface area (Å²) in [5, 5.41) is 30.3. The largest absolute Gasteiger partial charge is 0.480 e. The number of esters is 1. The van der Waals surface area contributed by atoms with E-state index < -0.39 is 30.4 Å². The summed E-state index contributed by atoms with van der Waals surface area (Å²) in [5.41, 5.74) is 0.777. The molecular weight excluding hydrogens is 364 g/mol. The smallest absolute Gasteiger partial charge is 0.376 e. The zero-order valence-corrected chi connectivity index (χ0v) is 14.9. The topological polar surface area (TPSA) is 120 Å². The second kappa shape index (κ2) is 8.64. The summed E-state index contributed by atoms with van der Waals surface area (Å²) in [4.78, 5) is 29.6. The molecule has 0 aromatic heterocycles. The van der Waals surface area contributed by atoms with E-state index >= 15 is 0 Å². The van der Waals surface area contributed by atoms with Crippen molar-refractivity contribution in [1.82, 2.24) is 4.90 Å². The fourth-order valence-electron chi connectivity index (χ4n) is 3.02. The number of rotatable bonds is 7. The van der Waals surface area contributed by atoms with Crippen molar-refractivity contribution in [2.24, 2.45) is 4.99 Å². The fourth-order valence-corrected chi connectivity index (χ4v) is 3.02. The predicted octanol–water partition coefficient (Wildman–Crippen LogP) is 1.12. The lowest BCUT2D eigenvalue weighted by atomic mass is 10.0. The Morgan fingerprint density at radius 2 is 1.54 bits per heavy atom. The maximum Gasteiger partial charge on any atom is 0.376 e. The number of carboxylic acids is 1. The minimum absolute atomic E-state index is 0.132. The minimum Gasteiger partial charge on any atom is -0.480 e. The summed E-state index contributed by atoms with van der Waals surface area (Å²) < 4.78 is 5.04. The molecule has 0 spiro atoms. The highest BCUT2D eigenvalue weighted by molar-refractivity contribution is 6.36. The second-order valence-electron chi connectivity index (χ2n) is 6.21. The number of carbonyl (C=O) groups excluding carboxylic acids is 1. The molecule has 0 saturated carbocycles. The molecule has 3 unspecified atom stereocenters.